The molecule has 0 amide bonds. The smallest absolute Gasteiger partial charge is 0.0543 e. The number of nitrogens with zero attached hydrogens (tertiary/aromatic N) is 1. The van der Waals surface area contributed by atoms with Gasteiger partial charge in [0.05, 0.1) is 6.17 Å². The summed E-state index contributed by atoms with van der Waals surface area (Å²) in [4.78, 5) is 2.19. The van der Waals surface area contributed by atoms with Gasteiger partial charge in [0, 0.05) is 13.1 Å². The molecular formula is C4H10N2. The van der Waals surface area contributed by atoms with Gasteiger partial charge in [-0.3, -0.25) is 4.90 Å². The van der Waals surface area contributed by atoms with Crippen molar-refractivity contribution in [2.75, 3.05) is 13.1 Å². The lowest BCUT2D eigenvalue weighted by atomic mass is 10.6. The van der Waals surface area contributed by atoms with Gasteiger partial charge in [-0.15, -0.1) is 0 Å². The van der Waals surface area contributed by atoms with Crippen molar-refractivity contribution in [3.8, 4) is 0 Å². The van der Waals surface area contributed by atoms with E-state index in [-0.39, 0.29) is 0 Å². The number of rotatable bonds is 1. The molecule has 0 aliphatic carbocycles. The van der Waals surface area contributed by atoms with E-state index >= 15 is 0 Å². The molecule has 2 heteroatoms. The summed E-state index contributed by atoms with van der Waals surface area (Å²) in [5.41, 5.74) is 5.42. The zero-order chi connectivity index (χ0) is 4.57. The van der Waals surface area contributed by atoms with Crippen LogP contribution in [0.1, 0.15) is 6.92 Å². The number of hydrogen-bond donors (Lipinski definition) is 1. The highest BCUT2D eigenvalue weighted by atomic mass is 15.3. The first-order valence-electron chi connectivity index (χ1n) is 2.30. The van der Waals surface area contributed by atoms with Gasteiger partial charge in [0.15, 0.2) is 0 Å². The van der Waals surface area contributed by atoms with Crippen molar-refractivity contribution in [3.05, 3.63) is 0 Å². The van der Waals surface area contributed by atoms with Gasteiger partial charge in [0.25, 0.3) is 0 Å². The molecule has 36 valence electrons. The molecule has 2 N–H and O–H groups in total. The Balaban J connectivity index is 2.13. The fourth-order valence-electron chi connectivity index (χ4n) is 0.465. The van der Waals surface area contributed by atoms with E-state index in [1.165, 1.54) is 13.1 Å². The molecule has 0 aromatic heterocycles. The summed E-state index contributed by atoms with van der Waals surface area (Å²) in [6.07, 6.45) is 0.296. The minimum Gasteiger partial charge on any atom is -0.316 e. The quantitative estimate of drug-likeness (QED) is 0.440. The van der Waals surface area contributed by atoms with Gasteiger partial charge in [-0.2, -0.15) is 0 Å². The molecule has 1 fully saturated rings. The monoisotopic (exact) mass is 86.1 g/mol. The van der Waals surface area contributed by atoms with Gasteiger partial charge in [-0.25, -0.2) is 0 Å². The van der Waals surface area contributed by atoms with Crippen LogP contribution in [0.3, 0.4) is 0 Å². The van der Waals surface area contributed by atoms with E-state index in [4.69, 9.17) is 5.73 Å². The standard InChI is InChI=1S/C4H10N2/c1-4(5)6-2-3-6/h4H,2-3,5H2,1H3. The number of hydrogen-bond acceptors (Lipinski definition) is 2. The summed E-state index contributed by atoms with van der Waals surface area (Å²) in [5.74, 6) is 0. The average molecular weight is 86.1 g/mol. The maximum atomic E-state index is 5.42. The molecule has 6 heavy (non-hydrogen) atoms. The molecule has 0 saturated carbocycles. The van der Waals surface area contributed by atoms with Crippen molar-refractivity contribution < 1.29 is 0 Å². The van der Waals surface area contributed by atoms with Crippen LogP contribution in [0.15, 0.2) is 0 Å². The molecule has 1 heterocycles. The van der Waals surface area contributed by atoms with Gasteiger partial charge < -0.3 is 5.73 Å². The van der Waals surface area contributed by atoms with Crippen LogP contribution in [0, 0.1) is 0 Å². The first-order valence-corrected chi connectivity index (χ1v) is 2.30. The lowest BCUT2D eigenvalue weighted by Gasteiger charge is -2.00. The molecular weight excluding hydrogens is 76.1 g/mol. The normalized spacial score (nSPS) is 27.0. The molecule has 1 atom stereocenters. The second kappa shape index (κ2) is 1.21. The first-order chi connectivity index (χ1) is 2.80. The largest absolute Gasteiger partial charge is 0.316 e. The lowest BCUT2D eigenvalue weighted by Crippen LogP contribution is -2.24. The van der Waals surface area contributed by atoms with Crippen molar-refractivity contribution >= 4 is 0 Å². The maximum Gasteiger partial charge on any atom is 0.0543 e. The van der Waals surface area contributed by atoms with E-state index in [1.54, 1.807) is 0 Å². The highest BCUT2D eigenvalue weighted by Crippen LogP contribution is 2.03. The van der Waals surface area contributed by atoms with Gasteiger partial charge in [-0.1, -0.05) is 0 Å². The Morgan fingerprint density at radius 3 is 2.17 bits per heavy atom. The van der Waals surface area contributed by atoms with E-state index in [0.717, 1.165) is 0 Å². The van der Waals surface area contributed by atoms with Crippen molar-refractivity contribution in [3.63, 3.8) is 0 Å². The lowest BCUT2D eigenvalue weighted by molar-refractivity contribution is 0.441. The van der Waals surface area contributed by atoms with Crippen LogP contribution in [0.4, 0.5) is 0 Å². The molecule has 1 unspecified atom stereocenters. The molecule has 0 aromatic carbocycles. The Hall–Kier alpha value is -0.0800. The molecule has 0 spiro atoms. The van der Waals surface area contributed by atoms with E-state index in [0.29, 0.717) is 6.17 Å². The predicted molar refractivity (Wildman–Crippen MR) is 25.2 cm³/mol. The van der Waals surface area contributed by atoms with Crippen LogP contribution < -0.4 is 5.73 Å². The third kappa shape index (κ3) is 0.698. The van der Waals surface area contributed by atoms with Gasteiger partial charge in [0.1, 0.15) is 0 Å². The average Bonchev–Trinajstić information content (AvgIpc) is 2.06. The van der Waals surface area contributed by atoms with Crippen molar-refractivity contribution in [2.45, 2.75) is 13.1 Å². The zero-order valence-electron chi connectivity index (χ0n) is 4.02. The summed E-state index contributed by atoms with van der Waals surface area (Å²) < 4.78 is 0. The van der Waals surface area contributed by atoms with Crippen LogP contribution in [0.25, 0.3) is 0 Å². The highest BCUT2D eigenvalue weighted by molar-refractivity contribution is 4.74. The molecule has 1 saturated heterocycles. The topological polar surface area (TPSA) is 29.0 Å². The third-order valence-electron chi connectivity index (χ3n) is 1.06. The van der Waals surface area contributed by atoms with Crippen LogP contribution in [0.2, 0.25) is 0 Å². The first kappa shape index (κ1) is 4.09. The minimum atomic E-state index is 0.296. The molecule has 1 aliphatic heterocycles. The van der Waals surface area contributed by atoms with E-state index < -0.39 is 0 Å². The van der Waals surface area contributed by atoms with E-state index in [1.807, 2.05) is 6.92 Å². The van der Waals surface area contributed by atoms with Crippen molar-refractivity contribution in [1.29, 1.82) is 0 Å². The Morgan fingerprint density at radius 2 is 2.17 bits per heavy atom. The van der Waals surface area contributed by atoms with Crippen LogP contribution in [-0.2, 0) is 0 Å². The zero-order valence-corrected chi connectivity index (χ0v) is 4.02. The molecule has 1 aliphatic rings. The Labute approximate surface area is 37.9 Å². The second-order valence-electron chi connectivity index (χ2n) is 1.78. The van der Waals surface area contributed by atoms with Crippen molar-refractivity contribution in [1.82, 2.24) is 4.90 Å². The predicted octanol–water partition coefficient (Wildman–Crippen LogP) is -0.393. The van der Waals surface area contributed by atoms with Crippen LogP contribution in [-0.4, -0.2) is 24.2 Å². The minimum absolute atomic E-state index is 0.296. The van der Waals surface area contributed by atoms with Gasteiger partial charge >= 0.3 is 0 Å². The highest BCUT2D eigenvalue weighted by Gasteiger charge is 2.19. The summed E-state index contributed by atoms with van der Waals surface area (Å²) in [7, 11) is 0. The maximum absolute atomic E-state index is 5.42. The Morgan fingerprint density at radius 1 is 1.67 bits per heavy atom. The molecule has 2 nitrogen and oxygen atoms in total. The summed E-state index contributed by atoms with van der Waals surface area (Å²) in [6.45, 7) is 4.42. The van der Waals surface area contributed by atoms with Gasteiger partial charge in [0.2, 0.25) is 0 Å². The van der Waals surface area contributed by atoms with Crippen LogP contribution >= 0.6 is 0 Å². The van der Waals surface area contributed by atoms with Crippen LogP contribution in [0.5, 0.6) is 0 Å². The summed E-state index contributed by atoms with van der Waals surface area (Å²) in [6, 6.07) is 0. The van der Waals surface area contributed by atoms with Crippen molar-refractivity contribution in [2.24, 2.45) is 5.73 Å². The van der Waals surface area contributed by atoms with Gasteiger partial charge in [-0.05, 0) is 6.92 Å². The second-order valence-corrected chi connectivity index (χ2v) is 1.78. The molecule has 0 radical (unpaired) electrons. The Bertz CT molecular complexity index is 47.5. The molecule has 0 aromatic rings. The Kier molecular flexibility index (Phi) is 0.821. The number of nitrogens with two attached hydrogens (primary N) is 1. The summed E-state index contributed by atoms with van der Waals surface area (Å²) in [5, 5.41) is 0. The third-order valence-corrected chi connectivity index (χ3v) is 1.06. The summed E-state index contributed by atoms with van der Waals surface area (Å²) >= 11 is 0. The van der Waals surface area contributed by atoms with E-state index in [9.17, 15) is 0 Å². The SMILES string of the molecule is CC(N)N1CC1. The fourth-order valence-corrected chi connectivity index (χ4v) is 0.465. The molecule has 0 bridgehead atoms. The fraction of sp³-hybridized carbons (Fsp3) is 1.00. The molecule has 1 rings (SSSR count). The van der Waals surface area contributed by atoms with E-state index in [2.05, 4.69) is 4.90 Å².